The van der Waals surface area contributed by atoms with E-state index in [1.54, 1.807) is 6.07 Å². The molecule has 0 spiro atoms. The second-order valence-electron chi connectivity index (χ2n) is 4.53. The standard InChI is InChI=1S/C15H17FO2/c16-14-10-12(11-17)8-9-15(14)18-13-6-4-2-1-3-5-7-13/h4,6,8-11,13H,1-3,5,7H2/b6-4+. The van der Waals surface area contributed by atoms with Crippen molar-refractivity contribution in [2.45, 2.75) is 38.2 Å². The molecule has 0 bridgehead atoms. The Labute approximate surface area is 106 Å². The summed E-state index contributed by atoms with van der Waals surface area (Å²) in [6.45, 7) is 0. The molecule has 3 heteroatoms. The van der Waals surface area contributed by atoms with Gasteiger partial charge in [-0.3, -0.25) is 4.79 Å². The highest BCUT2D eigenvalue weighted by Gasteiger charge is 2.12. The quantitative estimate of drug-likeness (QED) is 0.599. The number of rotatable bonds is 3. The van der Waals surface area contributed by atoms with E-state index in [1.165, 1.54) is 25.0 Å². The highest BCUT2D eigenvalue weighted by molar-refractivity contribution is 5.74. The lowest BCUT2D eigenvalue weighted by molar-refractivity contribution is 0.112. The van der Waals surface area contributed by atoms with Crippen LogP contribution >= 0.6 is 0 Å². The fourth-order valence-electron chi connectivity index (χ4n) is 2.08. The predicted molar refractivity (Wildman–Crippen MR) is 68.4 cm³/mol. The van der Waals surface area contributed by atoms with Crippen LogP contribution in [0.4, 0.5) is 4.39 Å². The molecule has 96 valence electrons. The van der Waals surface area contributed by atoms with Gasteiger partial charge < -0.3 is 4.74 Å². The maximum atomic E-state index is 13.7. The molecule has 1 unspecified atom stereocenters. The number of hydrogen-bond donors (Lipinski definition) is 0. The lowest BCUT2D eigenvalue weighted by Crippen LogP contribution is -2.15. The van der Waals surface area contributed by atoms with Crippen molar-refractivity contribution < 1.29 is 13.9 Å². The first-order valence-corrected chi connectivity index (χ1v) is 6.37. The third kappa shape index (κ3) is 3.42. The maximum absolute atomic E-state index is 13.7. The molecule has 0 amide bonds. The van der Waals surface area contributed by atoms with Crippen molar-refractivity contribution in [1.82, 2.24) is 0 Å². The number of ether oxygens (including phenoxy) is 1. The largest absolute Gasteiger partial charge is 0.483 e. The average molecular weight is 248 g/mol. The summed E-state index contributed by atoms with van der Waals surface area (Å²) >= 11 is 0. The molecule has 1 aromatic carbocycles. The summed E-state index contributed by atoms with van der Waals surface area (Å²) in [5, 5.41) is 0. The summed E-state index contributed by atoms with van der Waals surface area (Å²) in [7, 11) is 0. The lowest BCUT2D eigenvalue weighted by atomic mass is 10.0. The molecular weight excluding hydrogens is 231 g/mol. The summed E-state index contributed by atoms with van der Waals surface area (Å²) in [6.07, 6.45) is 10.1. The molecule has 0 saturated heterocycles. The summed E-state index contributed by atoms with van der Waals surface area (Å²) in [4.78, 5) is 10.5. The minimum absolute atomic E-state index is 0.0677. The first-order valence-electron chi connectivity index (χ1n) is 6.37. The van der Waals surface area contributed by atoms with E-state index in [4.69, 9.17) is 4.74 Å². The summed E-state index contributed by atoms with van der Waals surface area (Å²) in [5.74, 6) is -0.258. The van der Waals surface area contributed by atoms with Crippen LogP contribution in [-0.2, 0) is 0 Å². The Morgan fingerprint density at radius 1 is 1.28 bits per heavy atom. The Hall–Kier alpha value is -1.64. The molecule has 0 aliphatic heterocycles. The number of aldehydes is 1. The minimum Gasteiger partial charge on any atom is -0.483 e. The first kappa shape index (κ1) is 12.8. The van der Waals surface area contributed by atoms with Crippen LogP contribution in [0.3, 0.4) is 0 Å². The molecule has 0 saturated carbocycles. The van der Waals surface area contributed by atoms with Crippen molar-refractivity contribution in [3.8, 4) is 5.75 Å². The van der Waals surface area contributed by atoms with Gasteiger partial charge in [-0.25, -0.2) is 4.39 Å². The molecule has 0 fully saturated rings. The average Bonchev–Trinajstić information content (AvgIpc) is 2.34. The molecule has 0 heterocycles. The topological polar surface area (TPSA) is 26.3 Å². The number of benzene rings is 1. The Morgan fingerprint density at radius 2 is 2.17 bits per heavy atom. The SMILES string of the molecule is O=Cc1ccc(OC2/C=C/CCCCC2)c(F)c1. The van der Waals surface area contributed by atoms with E-state index < -0.39 is 5.82 Å². The van der Waals surface area contributed by atoms with E-state index in [-0.39, 0.29) is 11.9 Å². The van der Waals surface area contributed by atoms with Crippen LogP contribution in [0, 0.1) is 5.82 Å². The van der Waals surface area contributed by atoms with Crippen LogP contribution in [0.1, 0.15) is 42.5 Å². The van der Waals surface area contributed by atoms with Crippen LogP contribution in [0.5, 0.6) is 5.75 Å². The third-order valence-electron chi connectivity index (χ3n) is 3.08. The molecule has 1 atom stereocenters. The van der Waals surface area contributed by atoms with Crippen LogP contribution in [-0.4, -0.2) is 12.4 Å². The molecule has 0 radical (unpaired) electrons. The number of halogens is 1. The molecule has 1 aliphatic rings. The van der Waals surface area contributed by atoms with Gasteiger partial charge in [0.15, 0.2) is 11.6 Å². The molecule has 0 aromatic heterocycles. The maximum Gasteiger partial charge on any atom is 0.165 e. The molecule has 18 heavy (non-hydrogen) atoms. The van der Waals surface area contributed by atoms with Gasteiger partial charge in [0.25, 0.3) is 0 Å². The Kier molecular flexibility index (Phi) is 4.51. The number of allylic oxidation sites excluding steroid dienone is 1. The van der Waals surface area contributed by atoms with Gasteiger partial charge in [0.2, 0.25) is 0 Å². The van der Waals surface area contributed by atoms with E-state index >= 15 is 0 Å². The number of hydrogen-bond acceptors (Lipinski definition) is 2. The summed E-state index contributed by atoms with van der Waals surface area (Å²) in [6, 6.07) is 4.29. The normalized spacial score (nSPS) is 21.7. The zero-order chi connectivity index (χ0) is 12.8. The van der Waals surface area contributed by atoms with Gasteiger partial charge in [0.05, 0.1) is 0 Å². The molecule has 2 rings (SSSR count). The monoisotopic (exact) mass is 248 g/mol. The van der Waals surface area contributed by atoms with Gasteiger partial charge in [-0.05, 0) is 50.0 Å². The van der Waals surface area contributed by atoms with Crippen molar-refractivity contribution in [2.24, 2.45) is 0 Å². The van der Waals surface area contributed by atoms with Gasteiger partial charge in [-0.1, -0.05) is 12.5 Å². The second kappa shape index (κ2) is 6.34. The van der Waals surface area contributed by atoms with Gasteiger partial charge >= 0.3 is 0 Å². The van der Waals surface area contributed by atoms with E-state index in [9.17, 15) is 9.18 Å². The number of carbonyl (C=O) groups is 1. The van der Waals surface area contributed by atoms with Crippen LogP contribution < -0.4 is 4.74 Å². The molecule has 2 nitrogen and oxygen atoms in total. The van der Waals surface area contributed by atoms with Crippen molar-refractivity contribution in [2.75, 3.05) is 0 Å². The van der Waals surface area contributed by atoms with Gasteiger partial charge in [-0.15, -0.1) is 0 Å². The molecule has 1 aromatic rings. The first-order chi connectivity index (χ1) is 8.79. The van der Waals surface area contributed by atoms with E-state index in [0.717, 1.165) is 19.3 Å². The van der Waals surface area contributed by atoms with Crippen molar-refractivity contribution >= 4 is 6.29 Å². The van der Waals surface area contributed by atoms with Gasteiger partial charge in [0.1, 0.15) is 12.4 Å². The zero-order valence-electron chi connectivity index (χ0n) is 10.3. The highest BCUT2D eigenvalue weighted by Crippen LogP contribution is 2.22. The van der Waals surface area contributed by atoms with Crippen molar-refractivity contribution in [3.63, 3.8) is 0 Å². The van der Waals surface area contributed by atoms with E-state index in [2.05, 4.69) is 6.08 Å². The van der Waals surface area contributed by atoms with Gasteiger partial charge in [0, 0.05) is 5.56 Å². The number of carbonyl (C=O) groups excluding carboxylic acids is 1. The third-order valence-corrected chi connectivity index (χ3v) is 3.08. The van der Waals surface area contributed by atoms with Gasteiger partial charge in [-0.2, -0.15) is 0 Å². The molecule has 0 N–H and O–H groups in total. The Morgan fingerprint density at radius 3 is 2.94 bits per heavy atom. The van der Waals surface area contributed by atoms with Crippen LogP contribution in [0.15, 0.2) is 30.4 Å². The van der Waals surface area contributed by atoms with E-state index in [1.807, 2.05) is 6.08 Å². The molecule has 1 aliphatic carbocycles. The second-order valence-corrected chi connectivity index (χ2v) is 4.53. The summed E-state index contributed by atoms with van der Waals surface area (Å²) < 4.78 is 19.3. The van der Waals surface area contributed by atoms with Crippen molar-refractivity contribution in [3.05, 3.63) is 41.7 Å². The smallest absolute Gasteiger partial charge is 0.165 e. The van der Waals surface area contributed by atoms with E-state index in [0.29, 0.717) is 11.8 Å². The van der Waals surface area contributed by atoms with Crippen LogP contribution in [0.2, 0.25) is 0 Å². The molecular formula is C15H17FO2. The Bertz CT molecular complexity index is 440. The zero-order valence-corrected chi connectivity index (χ0v) is 10.3. The highest BCUT2D eigenvalue weighted by atomic mass is 19.1. The Balaban J connectivity index is 2.07. The fraction of sp³-hybridized carbons (Fsp3) is 0.400. The van der Waals surface area contributed by atoms with Crippen LogP contribution in [0.25, 0.3) is 0 Å². The van der Waals surface area contributed by atoms with Crippen molar-refractivity contribution in [1.29, 1.82) is 0 Å². The predicted octanol–water partition coefficient (Wildman–Crippen LogP) is 3.91. The lowest BCUT2D eigenvalue weighted by Gasteiger charge is -2.18. The summed E-state index contributed by atoms with van der Waals surface area (Å²) in [5.41, 5.74) is 0.327. The minimum atomic E-state index is -0.477. The fourth-order valence-corrected chi connectivity index (χ4v) is 2.08.